The van der Waals surface area contributed by atoms with Crippen LogP contribution in [0.15, 0.2) is 79.8 Å². The molecule has 1 aliphatic rings. The number of aromatic nitrogens is 4. The van der Waals surface area contributed by atoms with Crippen molar-refractivity contribution in [1.29, 1.82) is 0 Å². The number of amides is 1. The smallest absolute Gasteiger partial charge is 0.246 e. The van der Waals surface area contributed by atoms with Gasteiger partial charge in [0, 0.05) is 18.3 Å². The van der Waals surface area contributed by atoms with Gasteiger partial charge in [-0.3, -0.25) is 4.79 Å². The number of hydrogen-bond acceptors (Lipinski definition) is 5. The van der Waals surface area contributed by atoms with Gasteiger partial charge in [0.15, 0.2) is 5.65 Å². The highest BCUT2D eigenvalue weighted by Crippen LogP contribution is 2.34. The number of carbonyl (C=O) groups excluding carboxylic acids is 1. The number of benzene rings is 2. The van der Waals surface area contributed by atoms with Crippen LogP contribution in [0, 0.1) is 0 Å². The van der Waals surface area contributed by atoms with E-state index in [0.29, 0.717) is 6.54 Å². The highest BCUT2D eigenvalue weighted by molar-refractivity contribution is 5.90. The zero-order chi connectivity index (χ0) is 22.8. The highest BCUT2D eigenvalue weighted by atomic mass is 16.5. The number of fused-ring (bicyclic) bond motifs is 1. The van der Waals surface area contributed by atoms with Crippen molar-refractivity contribution in [2.75, 3.05) is 6.54 Å². The van der Waals surface area contributed by atoms with Crippen molar-refractivity contribution in [2.24, 2.45) is 0 Å². The van der Waals surface area contributed by atoms with Crippen molar-refractivity contribution < 1.29 is 9.53 Å². The second kappa shape index (κ2) is 8.50. The summed E-state index contributed by atoms with van der Waals surface area (Å²) in [5, 5.41) is 5.78. The van der Waals surface area contributed by atoms with Crippen molar-refractivity contribution in [3.05, 3.63) is 79.8 Å². The molecule has 0 bridgehead atoms. The topological polar surface area (TPSA) is 73.1 Å². The number of rotatable bonds is 6. The van der Waals surface area contributed by atoms with E-state index >= 15 is 0 Å². The van der Waals surface area contributed by atoms with Gasteiger partial charge in [-0.2, -0.15) is 5.10 Å². The molecule has 0 N–H and O–H groups in total. The van der Waals surface area contributed by atoms with Gasteiger partial charge < -0.3 is 9.64 Å². The zero-order valence-corrected chi connectivity index (χ0v) is 18.5. The molecule has 4 aromatic rings. The van der Waals surface area contributed by atoms with Gasteiger partial charge >= 0.3 is 0 Å². The molecule has 0 spiro atoms. The van der Waals surface area contributed by atoms with Crippen LogP contribution >= 0.6 is 0 Å². The average molecular weight is 440 g/mol. The van der Waals surface area contributed by atoms with E-state index in [2.05, 4.69) is 23.5 Å². The van der Waals surface area contributed by atoms with Crippen molar-refractivity contribution in [3.8, 4) is 22.8 Å². The maximum absolute atomic E-state index is 12.4. The van der Waals surface area contributed by atoms with E-state index in [1.54, 1.807) is 6.20 Å². The Morgan fingerprint density at radius 2 is 1.91 bits per heavy atom. The normalized spacial score (nSPS) is 17.9. The van der Waals surface area contributed by atoms with Crippen LogP contribution in [0.5, 0.6) is 11.5 Å². The lowest BCUT2D eigenvalue weighted by molar-refractivity contribution is -0.129. The monoisotopic (exact) mass is 439 g/mol. The summed E-state index contributed by atoms with van der Waals surface area (Å²) in [5.41, 5.74) is 2.16. The third-order valence-corrected chi connectivity index (χ3v) is 6.20. The third-order valence-electron chi connectivity index (χ3n) is 6.20. The molecule has 1 saturated heterocycles. The molecule has 33 heavy (non-hydrogen) atoms. The maximum Gasteiger partial charge on any atom is 0.246 e. The largest absolute Gasteiger partial charge is 0.457 e. The first-order valence-corrected chi connectivity index (χ1v) is 11.0. The van der Waals surface area contributed by atoms with Crippen LogP contribution in [-0.2, 0) is 11.3 Å². The summed E-state index contributed by atoms with van der Waals surface area (Å²) in [4.78, 5) is 23.0. The summed E-state index contributed by atoms with van der Waals surface area (Å²) < 4.78 is 7.81. The minimum Gasteiger partial charge on any atom is -0.457 e. The van der Waals surface area contributed by atoms with Crippen LogP contribution in [0.1, 0.15) is 19.8 Å². The quantitative estimate of drug-likeness (QED) is 0.402. The van der Waals surface area contributed by atoms with Crippen LogP contribution < -0.4 is 4.74 Å². The van der Waals surface area contributed by atoms with Crippen LogP contribution in [0.25, 0.3) is 22.3 Å². The number of carbonyl (C=O) groups is 1. The summed E-state index contributed by atoms with van der Waals surface area (Å²) in [6.45, 7) is 7.04. The van der Waals surface area contributed by atoms with Gasteiger partial charge in [0.2, 0.25) is 5.91 Å². The second-order valence-electron chi connectivity index (χ2n) is 8.50. The lowest BCUT2D eigenvalue weighted by Gasteiger charge is -2.34. The molecule has 1 atom stereocenters. The Labute approximate surface area is 192 Å². The summed E-state index contributed by atoms with van der Waals surface area (Å²) in [6.07, 6.45) is 6.57. The van der Waals surface area contributed by atoms with Crippen molar-refractivity contribution in [3.63, 3.8) is 0 Å². The molecule has 1 fully saturated rings. The predicted molar refractivity (Wildman–Crippen MR) is 127 cm³/mol. The Bertz CT molecular complexity index is 1300. The van der Waals surface area contributed by atoms with E-state index in [1.807, 2.05) is 64.2 Å². The average Bonchev–Trinajstić information content (AvgIpc) is 3.40. The molecular weight excluding hydrogens is 414 g/mol. The van der Waals surface area contributed by atoms with Gasteiger partial charge in [-0.15, -0.1) is 0 Å². The number of ether oxygens (including phenoxy) is 1. The Kier molecular flexibility index (Phi) is 5.38. The van der Waals surface area contributed by atoms with Crippen LogP contribution in [0.4, 0.5) is 0 Å². The minimum atomic E-state index is -0.347. The molecule has 1 amide bonds. The van der Waals surface area contributed by atoms with Gasteiger partial charge in [-0.05, 0) is 62.2 Å². The van der Waals surface area contributed by atoms with Crippen molar-refractivity contribution in [2.45, 2.75) is 31.8 Å². The Morgan fingerprint density at radius 1 is 1.15 bits per heavy atom. The van der Waals surface area contributed by atoms with Gasteiger partial charge in [-0.25, -0.2) is 14.6 Å². The summed E-state index contributed by atoms with van der Waals surface area (Å²) in [5.74, 6) is 1.49. The molecule has 166 valence electrons. The number of para-hydroxylation sites is 1. The van der Waals surface area contributed by atoms with E-state index in [-0.39, 0.29) is 11.4 Å². The summed E-state index contributed by atoms with van der Waals surface area (Å²) >= 11 is 0. The molecule has 5 rings (SSSR count). The number of likely N-dealkylation sites (tertiary alicyclic amines) is 1. The van der Waals surface area contributed by atoms with Crippen molar-refractivity contribution in [1.82, 2.24) is 24.6 Å². The maximum atomic E-state index is 12.4. The first-order chi connectivity index (χ1) is 16.1. The van der Waals surface area contributed by atoms with E-state index in [1.165, 1.54) is 12.4 Å². The van der Waals surface area contributed by atoms with E-state index in [4.69, 9.17) is 9.84 Å². The second-order valence-corrected chi connectivity index (χ2v) is 8.50. The third kappa shape index (κ3) is 3.98. The van der Waals surface area contributed by atoms with Crippen LogP contribution in [0.2, 0.25) is 0 Å². The first kappa shape index (κ1) is 20.9. The molecule has 2 aromatic carbocycles. The van der Waals surface area contributed by atoms with Gasteiger partial charge in [0.1, 0.15) is 23.5 Å². The molecule has 7 heteroatoms. The predicted octanol–water partition coefficient (Wildman–Crippen LogP) is 4.85. The minimum absolute atomic E-state index is 0.0460. The molecule has 0 radical (unpaired) electrons. The number of hydrogen-bond donors (Lipinski definition) is 0. The van der Waals surface area contributed by atoms with Crippen LogP contribution in [-0.4, -0.2) is 42.6 Å². The van der Waals surface area contributed by atoms with E-state index < -0.39 is 0 Å². The standard InChI is InChI=1S/C26H25N5O2/c1-3-23(32)30-15-7-14-26(30,2)17-31-25-22(16-27-18-28-25)24(29-31)19-10-12-21(13-11-19)33-20-8-5-4-6-9-20/h3-6,8-13,16,18H,1,7,14-15,17H2,2H3/t26-/m0/s1. The Morgan fingerprint density at radius 3 is 2.67 bits per heavy atom. The molecule has 3 heterocycles. The van der Waals surface area contributed by atoms with Gasteiger partial charge in [0.05, 0.1) is 17.5 Å². The van der Waals surface area contributed by atoms with Gasteiger partial charge in [-0.1, -0.05) is 24.8 Å². The molecule has 1 aliphatic heterocycles. The molecule has 0 saturated carbocycles. The zero-order valence-electron chi connectivity index (χ0n) is 18.5. The summed E-state index contributed by atoms with van der Waals surface area (Å²) in [6, 6.07) is 17.5. The SMILES string of the molecule is C=CC(=O)N1CCC[C@@]1(C)Cn1nc(-c2ccc(Oc3ccccc3)cc2)c2cncnc21. The fourth-order valence-electron chi connectivity index (χ4n) is 4.54. The van der Waals surface area contributed by atoms with Crippen LogP contribution in [0.3, 0.4) is 0 Å². The molecule has 7 nitrogen and oxygen atoms in total. The molecule has 0 unspecified atom stereocenters. The molecule has 2 aromatic heterocycles. The first-order valence-electron chi connectivity index (χ1n) is 11.0. The molecular formula is C26H25N5O2. The fraction of sp³-hybridized carbons (Fsp3) is 0.231. The fourth-order valence-corrected chi connectivity index (χ4v) is 4.54. The Hall–Kier alpha value is -4.00. The van der Waals surface area contributed by atoms with Gasteiger partial charge in [0.25, 0.3) is 0 Å². The Balaban J connectivity index is 1.47. The highest BCUT2D eigenvalue weighted by Gasteiger charge is 2.39. The van der Waals surface area contributed by atoms with Crippen molar-refractivity contribution >= 4 is 16.9 Å². The van der Waals surface area contributed by atoms with E-state index in [9.17, 15) is 4.79 Å². The molecule has 0 aliphatic carbocycles. The van der Waals surface area contributed by atoms with E-state index in [0.717, 1.165) is 53.2 Å². The number of nitrogens with zero attached hydrogens (tertiary/aromatic N) is 5. The lowest BCUT2D eigenvalue weighted by Crippen LogP contribution is -2.47. The summed E-state index contributed by atoms with van der Waals surface area (Å²) in [7, 11) is 0. The lowest BCUT2D eigenvalue weighted by atomic mass is 9.99.